The number of hydrogen-bond donors (Lipinski definition) is 2. The number of benzene rings is 2. The summed E-state index contributed by atoms with van der Waals surface area (Å²) < 4.78 is 39.0. The number of phenolic OH excluding ortho intramolecular Hbond substituents is 1. The zero-order valence-electron chi connectivity index (χ0n) is 25.7. The van der Waals surface area contributed by atoms with Gasteiger partial charge in [-0.3, -0.25) is 0 Å². The standard InChI is InChI=1S/C32H40N2O7S2/c1-20(2)18-32(13-12-22-8-10-23(35)11-9-22)19-25(36)28(29(37)40-32)42-27-16-21(3)26(17-24(27)31(4,5)6)41-43(38,39)30-33-14-15-34(30)7/h8-11,14-17,20,35-36H,12-13,18-19H2,1-7H3. The van der Waals surface area contributed by atoms with Crippen molar-refractivity contribution < 1.29 is 32.3 Å². The van der Waals surface area contributed by atoms with Gasteiger partial charge in [0.15, 0.2) is 0 Å². The Morgan fingerprint density at radius 3 is 2.40 bits per heavy atom. The van der Waals surface area contributed by atoms with Gasteiger partial charge in [-0.15, -0.1) is 0 Å². The second-order valence-electron chi connectivity index (χ2n) is 12.6. The molecule has 11 heteroatoms. The lowest BCUT2D eigenvalue weighted by Crippen LogP contribution is -2.41. The van der Waals surface area contributed by atoms with Crippen LogP contribution in [0.1, 0.15) is 70.6 Å². The van der Waals surface area contributed by atoms with E-state index in [-0.39, 0.29) is 39.7 Å². The van der Waals surface area contributed by atoms with Gasteiger partial charge in [-0.2, -0.15) is 8.42 Å². The monoisotopic (exact) mass is 628 g/mol. The van der Waals surface area contributed by atoms with Crippen molar-refractivity contribution >= 4 is 27.8 Å². The summed E-state index contributed by atoms with van der Waals surface area (Å²) in [5, 5.41) is 20.7. The third-order valence-electron chi connectivity index (χ3n) is 7.33. The Morgan fingerprint density at radius 1 is 1.16 bits per heavy atom. The number of cyclic esters (lactones) is 1. The number of thioether (sulfide) groups is 1. The van der Waals surface area contributed by atoms with Gasteiger partial charge in [-0.25, -0.2) is 9.78 Å². The van der Waals surface area contributed by atoms with Gasteiger partial charge in [0, 0.05) is 30.8 Å². The van der Waals surface area contributed by atoms with E-state index in [9.17, 15) is 23.4 Å². The van der Waals surface area contributed by atoms with E-state index in [1.165, 1.54) is 17.0 Å². The smallest absolute Gasteiger partial charge is 0.373 e. The quantitative estimate of drug-likeness (QED) is 0.186. The number of aliphatic hydroxyl groups excluding tert-OH is 1. The Hall–Kier alpha value is -3.44. The van der Waals surface area contributed by atoms with Crippen LogP contribution in [0.5, 0.6) is 11.5 Å². The highest BCUT2D eigenvalue weighted by Crippen LogP contribution is 2.46. The van der Waals surface area contributed by atoms with Crippen LogP contribution in [0.25, 0.3) is 0 Å². The molecule has 1 unspecified atom stereocenters. The molecule has 0 radical (unpaired) electrons. The minimum Gasteiger partial charge on any atom is -0.511 e. The number of nitrogens with zero attached hydrogens (tertiary/aromatic N) is 2. The topological polar surface area (TPSA) is 128 Å². The molecule has 0 spiro atoms. The van der Waals surface area contributed by atoms with Gasteiger partial charge in [0.1, 0.15) is 27.8 Å². The third-order valence-corrected chi connectivity index (χ3v) is 9.73. The molecule has 1 atom stereocenters. The van der Waals surface area contributed by atoms with Crippen molar-refractivity contribution in [3.8, 4) is 11.5 Å². The second-order valence-corrected chi connectivity index (χ2v) is 15.1. The summed E-state index contributed by atoms with van der Waals surface area (Å²) in [5.41, 5.74) is 0.963. The van der Waals surface area contributed by atoms with Crippen molar-refractivity contribution in [2.45, 2.75) is 88.3 Å². The lowest BCUT2D eigenvalue weighted by Gasteiger charge is -2.38. The molecule has 2 N–H and O–H groups in total. The van der Waals surface area contributed by atoms with Gasteiger partial charge >= 0.3 is 16.1 Å². The van der Waals surface area contributed by atoms with Gasteiger partial charge in [-0.1, -0.05) is 58.5 Å². The van der Waals surface area contributed by atoms with Crippen LogP contribution in [-0.4, -0.2) is 39.8 Å². The molecular formula is C32H40N2O7S2. The molecule has 43 heavy (non-hydrogen) atoms. The highest BCUT2D eigenvalue weighted by molar-refractivity contribution is 8.04. The maximum Gasteiger partial charge on any atom is 0.373 e. The first-order chi connectivity index (χ1) is 20.0. The minimum absolute atomic E-state index is 0.0252. The summed E-state index contributed by atoms with van der Waals surface area (Å²) in [7, 11) is -2.61. The molecule has 3 aromatic rings. The molecule has 0 amide bonds. The van der Waals surface area contributed by atoms with E-state index in [2.05, 4.69) is 18.8 Å². The van der Waals surface area contributed by atoms with E-state index in [0.29, 0.717) is 29.7 Å². The molecule has 1 aliphatic rings. The summed E-state index contributed by atoms with van der Waals surface area (Å²) in [6.07, 6.45) is 4.82. The fourth-order valence-corrected chi connectivity index (χ4v) is 7.64. The molecule has 0 bridgehead atoms. The number of rotatable bonds is 10. The molecule has 0 saturated heterocycles. The number of carbonyl (C=O) groups is 1. The first-order valence-corrected chi connectivity index (χ1v) is 16.4. The van der Waals surface area contributed by atoms with Crippen molar-refractivity contribution in [1.82, 2.24) is 9.55 Å². The minimum atomic E-state index is -4.18. The van der Waals surface area contributed by atoms with E-state index >= 15 is 0 Å². The largest absolute Gasteiger partial charge is 0.511 e. The Bertz CT molecular complexity index is 1630. The van der Waals surface area contributed by atoms with Crippen molar-refractivity contribution in [3.63, 3.8) is 0 Å². The van der Waals surface area contributed by atoms with Crippen LogP contribution >= 0.6 is 11.8 Å². The van der Waals surface area contributed by atoms with Gasteiger partial charge in [-0.05, 0) is 78.5 Å². The van der Waals surface area contributed by atoms with E-state index in [1.807, 2.05) is 32.9 Å². The highest BCUT2D eigenvalue weighted by atomic mass is 32.2. The number of aromatic hydroxyl groups is 1. The van der Waals surface area contributed by atoms with Crippen LogP contribution < -0.4 is 4.18 Å². The molecule has 0 aliphatic carbocycles. The Kier molecular flexibility index (Phi) is 9.27. The summed E-state index contributed by atoms with van der Waals surface area (Å²) >= 11 is 1.12. The van der Waals surface area contributed by atoms with Crippen LogP contribution in [0.4, 0.5) is 0 Å². The number of aliphatic hydroxyl groups is 1. The number of imidazole rings is 1. The highest BCUT2D eigenvalue weighted by Gasteiger charge is 2.43. The average Bonchev–Trinajstić information content (AvgIpc) is 3.33. The molecule has 1 aromatic heterocycles. The Balaban J connectivity index is 1.65. The lowest BCUT2D eigenvalue weighted by molar-refractivity contribution is -0.160. The van der Waals surface area contributed by atoms with Crippen LogP contribution in [0.15, 0.2) is 69.5 Å². The van der Waals surface area contributed by atoms with E-state index in [1.54, 1.807) is 38.2 Å². The molecule has 232 valence electrons. The van der Waals surface area contributed by atoms with Gasteiger partial charge in [0.2, 0.25) is 0 Å². The van der Waals surface area contributed by atoms with Gasteiger partial charge in [0.05, 0.1) is 0 Å². The van der Waals surface area contributed by atoms with E-state index in [4.69, 9.17) is 8.92 Å². The molecule has 4 rings (SSSR count). The number of aromatic nitrogens is 2. The van der Waals surface area contributed by atoms with E-state index in [0.717, 1.165) is 22.9 Å². The predicted molar refractivity (Wildman–Crippen MR) is 166 cm³/mol. The predicted octanol–water partition coefficient (Wildman–Crippen LogP) is 6.73. The first kappa shape index (κ1) is 32.5. The van der Waals surface area contributed by atoms with Gasteiger partial charge in [0.25, 0.3) is 5.16 Å². The first-order valence-electron chi connectivity index (χ1n) is 14.2. The van der Waals surface area contributed by atoms with Crippen molar-refractivity contribution in [3.05, 3.63) is 76.1 Å². The number of hydrogen-bond acceptors (Lipinski definition) is 9. The summed E-state index contributed by atoms with van der Waals surface area (Å²) in [6, 6.07) is 10.4. The van der Waals surface area contributed by atoms with Crippen LogP contribution in [0.3, 0.4) is 0 Å². The summed E-state index contributed by atoms with van der Waals surface area (Å²) in [6.45, 7) is 11.8. The molecule has 1 aliphatic heterocycles. The summed E-state index contributed by atoms with van der Waals surface area (Å²) in [5.74, 6) is -0.0458. The fraction of sp³-hybridized carbons (Fsp3) is 0.438. The van der Waals surface area contributed by atoms with Crippen LogP contribution in [-0.2, 0) is 38.5 Å². The maximum absolute atomic E-state index is 13.5. The lowest BCUT2D eigenvalue weighted by atomic mass is 9.82. The Morgan fingerprint density at radius 2 is 1.84 bits per heavy atom. The number of esters is 1. The van der Waals surface area contributed by atoms with Crippen molar-refractivity contribution in [2.75, 3.05) is 0 Å². The average molecular weight is 629 g/mol. The number of phenols is 1. The number of carbonyl (C=O) groups excluding carboxylic acids is 1. The number of aryl methyl sites for hydroxylation is 3. The van der Waals surface area contributed by atoms with Crippen LogP contribution in [0, 0.1) is 12.8 Å². The maximum atomic E-state index is 13.5. The SMILES string of the molecule is Cc1cc(SC2=C(O)CC(CCc3ccc(O)cc3)(CC(C)C)OC2=O)c(C(C)(C)C)cc1OS(=O)(=O)c1nccn1C. The molecule has 9 nitrogen and oxygen atoms in total. The van der Waals surface area contributed by atoms with Crippen LogP contribution in [0.2, 0.25) is 0 Å². The second kappa shape index (κ2) is 12.3. The van der Waals surface area contributed by atoms with E-state index < -0.39 is 27.1 Å². The van der Waals surface area contributed by atoms with Crippen molar-refractivity contribution in [1.29, 1.82) is 0 Å². The fourth-order valence-electron chi connectivity index (χ4n) is 5.30. The molecular weight excluding hydrogens is 588 g/mol. The molecule has 0 saturated carbocycles. The molecule has 0 fully saturated rings. The third kappa shape index (κ3) is 7.56. The Labute approximate surface area is 258 Å². The summed E-state index contributed by atoms with van der Waals surface area (Å²) in [4.78, 5) is 18.2. The zero-order valence-corrected chi connectivity index (χ0v) is 27.3. The van der Waals surface area contributed by atoms with Gasteiger partial charge < -0.3 is 23.7 Å². The normalized spacial score (nSPS) is 17.8. The van der Waals surface area contributed by atoms with Crippen molar-refractivity contribution in [2.24, 2.45) is 13.0 Å². The molecule has 2 heterocycles. The number of ether oxygens (including phenoxy) is 1. The zero-order chi connectivity index (χ0) is 31.7. The molecule has 2 aromatic carbocycles.